The Balaban J connectivity index is 2.15. The first-order valence-electron chi connectivity index (χ1n) is 6.41. The number of likely N-dealkylation sites (N-methyl/N-ethyl adjacent to an activating group) is 1. The number of nitrogens with zero attached hydrogens (tertiary/aromatic N) is 1. The molecule has 1 fully saturated rings. The maximum absolute atomic E-state index is 11.9. The average Bonchev–Trinajstić information content (AvgIpc) is 2.66. The van der Waals surface area contributed by atoms with Crippen LogP contribution in [0.4, 0.5) is 0 Å². The van der Waals surface area contributed by atoms with Crippen molar-refractivity contribution in [2.75, 3.05) is 7.05 Å². The van der Waals surface area contributed by atoms with Crippen molar-refractivity contribution < 1.29 is 14.3 Å². The highest BCUT2D eigenvalue weighted by Gasteiger charge is 2.28. The molecule has 1 aliphatic heterocycles. The van der Waals surface area contributed by atoms with Crippen LogP contribution in [0.2, 0.25) is 0 Å². The molecule has 2 rings (SSSR count). The summed E-state index contributed by atoms with van der Waals surface area (Å²) in [5, 5.41) is 0. The molecule has 1 aromatic rings. The van der Waals surface area contributed by atoms with Crippen LogP contribution in [0, 0.1) is 0 Å². The number of carbonyl (C=O) groups is 2. The third kappa shape index (κ3) is 3.71. The van der Waals surface area contributed by atoms with Crippen molar-refractivity contribution >= 4 is 46.3 Å². The van der Waals surface area contributed by atoms with E-state index in [0.717, 1.165) is 5.56 Å². The second-order valence-electron chi connectivity index (χ2n) is 4.82. The Hall–Kier alpha value is -1.66. The molecule has 0 atom stereocenters. The zero-order valence-electron chi connectivity index (χ0n) is 12.0. The van der Waals surface area contributed by atoms with Gasteiger partial charge < -0.3 is 4.74 Å². The van der Waals surface area contributed by atoms with Gasteiger partial charge in [-0.1, -0.05) is 36.1 Å². The van der Waals surface area contributed by atoms with Gasteiger partial charge in [0.25, 0.3) is 5.91 Å². The van der Waals surface area contributed by atoms with Crippen molar-refractivity contribution in [1.82, 2.24) is 4.90 Å². The van der Waals surface area contributed by atoms with Gasteiger partial charge in [-0.3, -0.25) is 9.69 Å². The van der Waals surface area contributed by atoms with Crippen molar-refractivity contribution in [1.29, 1.82) is 0 Å². The number of carbonyl (C=O) groups excluding carboxylic acids is 2. The normalized spacial score (nSPS) is 17.0. The Labute approximate surface area is 133 Å². The first-order valence-corrected chi connectivity index (χ1v) is 7.63. The summed E-state index contributed by atoms with van der Waals surface area (Å²) in [5.74, 6) is -0.454. The molecule has 0 radical (unpaired) electrons. The molecule has 0 unspecified atom stereocenters. The van der Waals surface area contributed by atoms with E-state index >= 15 is 0 Å². The van der Waals surface area contributed by atoms with E-state index in [2.05, 4.69) is 0 Å². The van der Waals surface area contributed by atoms with Crippen LogP contribution < -0.4 is 0 Å². The van der Waals surface area contributed by atoms with E-state index in [9.17, 15) is 9.59 Å². The van der Waals surface area contributed by atoms with E-state index in [0.29, 0.717) is 14.8 Å². The lowest BCUT2D eigenvalue weighted by Crippen LogP contribution is -2.22. The van der Waals surface area contributed by atoms with Crippen LogP contribution in [0.25, 0.3) is 6.08 Å². The molecule has 0 aromatic heterocycles. The third-order valence-electron chi connectivity index (χ3n) is 2.77. The van der Waals surface area contributed by atoms with Crippen LogP contribution in [0.5, 0.6) is 0 Å². The molecule has 4 nitrogen and oxygen atoms in total. The van der Waals surface area contributed by atoms with E-state index in [-0.39, 0.29) is 18.0 Å². The Bertz CT molecular complexity index is 620. The minimum Gasteiger partial charge on any atom is -0.459 e. The van der Waals surface area contributed by atoms with Crippen LogP contribution in [-0.4, -0.2) is 34.2 Å². The molecule has 0 N–H and O–H groups in total. The number of hydrogen-bond acceptors (Lipinski definition) is 5. The average molecular weight is 321 g/mol. The molecule has 0 spiro atoms. The Morgan fingerprint density at radius 1 is 1.33 bits per heavy atom. The highest BCUT2D eigenvalue weighted by molar-refractivity contribution is 8.26. The van der Waals surface area contributed by atoms with Crippen LogP contribution in [0.1, 0.15) is 29.8 Å². The molecular weight excluding hydrogens is 306 g/mol. The molecule has 0 saturated carbocycles. The molecule has 0 aliphatic carbocycles. The molecule has 1 saturated heterocycles. The lowest BCUT2D eigenvalue weighted by Gasteiger charge is -2.07. The predicted octanol–water partition coefficient (Wildman–Crippen LogP) is 3.08. The monoisotopic (exact) mass is 321 g/mol. The molecule has 6 heteroatoms. The minimum atomic E-state index is -0.351. The number of thiocarbonyl (C=S) groups is 1. The fourth-order valence-electron chi connectivity index (χ4n) is 1.69. The molecule has 0 bridgehead atoms. The predicted molar refractivity (Wildman–Crippen MR) is 87.9 cm³/mol. The lowest BCUT2D eigenvalue weighted by atomic mass is 10.1. The summed E-state index contributed by atoms with van der Waals surface area (Å²) in [7, 11) is 1.66. The zero-order valence-corrected chi connectivity index (χ0v) is 13.6. The van der Waals surface area contributed by atoms with Crippen molar-refractivity contribution in [3.8, 4) is 0 Å². The number of esters is 1. The Kier molecular flexibility index (Phi) is 4.80. The van der Waals surface area contributed by atoms with Crippen LogP contribution in [0.15, 0.2) is 29.2 Å². The Morgan fingerprint density at radius 3 is 2.43 bits per heavy atom. The van der Waals surface area contributed by atoms with Crippen molar-refractivity contribution in [2.24, 2.45) is 0 Å². The minimum absolute atomic E-state index is 0.103. The largest absolute Gasteiger partial charge is 0.459 e. The van der Waals surface area contributed by atoms with Gasteiger partial charge in [0.2, 0.25) is 0 Å². The van der Waals surface area contributed by atoms with Crippen LogP contribution >= 0.6 is 24.0 Å². The van der Waals surface area contributed by atoms with Crippen LogP contribution in [0.3, 0.4) is 0 Å². The number of hydrogen-bond donors (Lipinski definition) is 0. The molecule has 1 aliphatic rings. The molecule has 110 valence electrons. The van der Waals surface area contributed by atoms with Gasteiger partial charge in [-0.15, -0.1) is 0 Å². The summed E-state index contributed by atoms with van der Waals surface area (Å²) in [6.45, 7) is 3.61. The van der Waals surface area contributed by atoms with Gasteiger partial charge in [0.05, 0.1) is 16.6 Å². The molecule has 1 aromatic carbocycles. The molecule has 21 heavy (non-hydrogen) atoms. The van der Waals surface area contributed by atoms with Gasteiger partial charge in [-0.2, -0.15) is 0 Å². The van der Waals surface area contributed by atoms with Gasteiger partial charge in [0, 0.05) is 7.05 Å². The molecule has 1 heterocycles. The van der Waals surface area contributed by atoms with Crippen LogP contribution in [-0.2, 0) is 9.53 Å². The zero-order chi connectivity index (χ0) is 15.6. The van der Waals surface area contributed by atoms with Crippen molar-refractivity contribution in [3.05, 3.63) is 40.3 Å². The summed E-state index contributed by atoms with van der Waals surface area (Å²) in [5.41, 5.74) is 1.33. The summed E-state index contributed by atoms with van der Waals surface area (Å²) < 4.78 is 5.66. The standard InChI is InChI=1S/C15H15NO3S2/c1-9(2)19-14(18)11-6-4-10(5-7-11)8-12-13(17)16(3)15(20)21-12/h4-9H,1-3H3. The second kappa shape index (κ2) is 6.41. The number of ether oxygens (including phenoxy) is 1. The maximum Gasteiger partial charge on any atom is 0.338 e. The smallest absolute Gasteiger partial charge is 0.338 e. The second-order valence-corrected chi connectivity index (χ2v) is 6.49. The van der Waals surface area contributed by atoms with Gasteiger partial charge in [0.1, 0.15) is 4.32 Å². The van der Waals surface area contributed by atoms with Gasteiger partial charge >= 0.3 is 5.97 Å². The number of thioether (sulfide) groups is 1. The first-order chi connectivity index (χ1) is 9.88. The Morgan fingerprint density at radius 2 is 1.95 bits per heavy atom. The summed E-state index contributed by atoms with van der Waals surface area (Å²) >= 11 is 6.35. The van der Waals surface area contributed by atoms with Gasteiger partial charge in [-0.25, -0.2) is 4.79 Å². The fraction of sp³-hybridized carbons (Fsp3) is 0.267. The highest BCUT2D eigenvalue weighted by Crippen LogP contribution is 2.31. The first kappa shape index (κ1) is 15.7. The third-order valence-corrected chi connectivity index (χ3v) is 4.26. The molecular formula is C15H15NO3S2. The summed E-state index contributed by atoms with van der Waals surface area (Å²) in [6, 6.07) is 6.92. The van der Waals surface area contributed by atoms with Gasteiger partial charge in [0.15, 0.2) is 0 Å². The van der Waals surface area contributed by atoms with Crippen molar-refractivity contribution in [3.63, 3.8) is 0 Å². The fourth-order valence-corrected chi connectivity index (χ4v) is 2.87. The summed E-state index contributed by atoms with van der Waals surface area (Å²) in [4.78, 5) is 25.6. The van der Waals surface area contributed by atoms with E-state index in [1.165, 1.54) is 16.7 Å². The number of rotatable bonds is 3. The van der Waals surface area contributed by atoms with E-state index in [1.54, 1.807) is 51.2 Å². The lowest BCUT2D eigenvalue weighted by molar-refractivity contribution is -0.121. The highest BCUT2D eigenvalue weighted by atomic mass is 32.2. The van der Waals surface area contributed by atoms with Crippen molar-refractivity contribution in [2.45, 2.75) is 20.0 Å². The SMILES string of the molecule is CC(C)OC(=O)c1ccc(C=C2SC(=S)N(C)C2=O)cc1. The number of benzene rings is 1. The summed E-state index contributed by atoms with van der Waals surface area (Å²) in [6.07, 6.45) is 1.61. The number of amides is 1. The quantitative estimate of drug-likeness (QED) is 0.486. The van der Waals surface area contributed by atoms with E-state index in [4.69, 9.17) is 17.0 Å². The maximum atomic E-state index is 11.9. The topological polar surface area (TPSA) is 46.6 Å². The van der Waals surface area contributed by atoms with Gasteiger partial charge in [-0.05, 0) is 37.6 Å². The molecule has 1 amide bonds. The van der Waals surface area contributed by atoms with E-state index in [1.807, 2.05) is 0 Å². The van der Waals surface area contributed by atoms with E-state index < -0.39 is 0 Å².